The van der Waals surface area contributed by atoms with E-state index in [-0.39, 0.29) is 5.69 Å². The van der Waals surface area contributed by atoms with E-state index in [9.17, 15) is 4.79 Å². The fourth-order valence-electron chi connectivity index (χ4n) is 6.54. The van der Waals surface area contributed by atoms with Crippen LogP contribution < -0.4 is 16.4 Å². The Labute approximate surface area is 227 Å². The van der Waals surface area contributed by atoms with Crippen LogP contribution in [0.25, 0.3) is 21.9 Å². The second-order valence-electron chi connectivity index (χ2n) is 11.1. The molecule has 5 heterocycles. The number of carbonyl (C=O) groups is 1. The molecule has 9 nitrogen and oxygen atoms in total. The van der Waals surface area contributed by atoms with E-state index in [0.717, 1.165) is 69.1 Å². The molecular weight excluding hydrogens is 499 g/mol. The van der Waals surface area contributed by atoms with E-state index < -0.39 is 11.9 Å². The van der Waals surface area contributed by atoms with Crippen LogP contribution in [0.15, 0.2) is 24.5 Å². The molecule has 0 aliphatic carbocycles. The molecule has 3 aliphatic rings. The van der Waals surface area contributed by atoms with E-state index in [1.54, 1.807) is 18.3 Å². The summed E-state index contributed by atoms with van der Waals surface area (Å²) in [6, 6.07) is 3.42. The second-order valence-corrected chi connectivity index (χ2v) is 11.1. The SMILES string of the molecule is Cc1c(-c2cc3cc(NC(=O)OCCC4C5COCC4CN(C)C5)ncc3c(N)c2F)cnc2c1NCCC2. The summed E-state index contributed by atoms with van der Waals surface area (Å²) in [6.07, 6.45) is 5.37. The van der Waals surface area contributed by atoms with E-state index in [1.807, 2.05) is 6.92 Å². The number of carbonyl (C=O) groups excluding carboxylic acids is 1. The molecule has 2 fully saturated rings. The number of aryl methyl sites for hydroxylation is 1. The quantitative estimate of drug-likeness (QED) is 0.412. The Bertz CT molecular complexity index is 1400. The lowest BCUT2D eigenvalue weighted by Gasteiger charge is -2.46. The number of nitrogens with zero attached hydrogens (tertiary/aromatic N) is 3. The zero-order valence-electron chi connectivity index (χ0n) is 22.4. The van der Waals surface area contributed by atoms with Gasteiger partial charge in [-0.1, -0.05) is 0 Å². The van der Waals surface area contributed by atoms with Crippen molar-refractivity contribution in [3.63, 3.8) is 0 Å². The van der Waals surface area contributed by atoms with Gasteiger partial charge >= 0.3 is 6.09 Å². The number of nitrogens with one attached hydrogen (secondary N) is 2. The number of benzene rings is 1. The zero-order chi connectivity index (χ0) is 27.1. The molecule has 206 valence electrons. The van der Waals surface area contributed by atoms with Gasteiger partial charge in [0.1, 0.15) is 5.82 Å². The first-order valence-electron chi connectivity index (χ1n) is 13.7. The molecule has 3 aliphatic heterocycles. The van der Waals surface area contributed by atoms with Crippen LogP contribution in [0.2, 0.25) is 0 Å². The number of ether oxygens (including phenoxy) is 2. The lowest BCUT2D eigenvalue weighted by molar-refractivity contribution is -0.0831. The van der Waals surface area contributed by atoms with Crippen LogP contribution in [0.5, 0.6) is 0 Å². The molecule has 39 heavy (non-hydrogen) atoms. The molecule has 0 spiro atoms. The number of rotatable bonds is 5. The van der Waals surface area contributed by atoms with Crippen LogP contribution in [0.3, 0.4) is 0 Å². The number of nitrogens with two attached hydrogens (primary N) is 1. The molecule has 2 aromatic heterocycles. The first-order chi connectivity index (χ1) is 18.9. The zero-order valence-corrected chi connectivity index (χ0v) is 22.4. The second kappa shape index (κ2) is 10.6. The van der Waals surface area contributed by atoms with E-state index in [2.05, 4.69) is 32.5 Å². The van der Waals surface area contributed by atoms with Crippen molar-refractivity contribution in [2.45, 2.75) is 26.2 Å². The Balaban J connectivity index is 1.17. The van der Waals surface area contributed by atoms with E-state index in [0.29, 0.717) is 52.1 Å². The normalized spacial score (nSPS) is 22.7. The van der Waals surface area contributed by atoms with Crippen molar-refractivity contribution in [2.24, 2.45) is 17.8 Å². The highest BCUT2D eigenvalue weighted by molar-refractivity contribution is 5.99. The highest BCUT2D eigenvalue weighted by Gasteiger charge is 2.38. The number of likely N-dealkylation sites (tertiary alicyclic amines) is 1. The molecule has 2 bridgehead atoms. The van der Waals surface area contributed by atoms with E-state index >= 15 is 4.39 Å². The Kier molecular flexibility index (Phi) is 6.99. The van der Waals surface area contributed by atoms with Crippen LogP contribution in [0.1, 0.15) is 24.1 Å². The van der Waals surface area contributed by atoms with Gasteiger partial charge in [-0.05, 0) is 74.1 Å². The predicted molar refractivity (Wildman–Crippen MR) is 149 cm³/mol. The third-order valence-corrected chi connectivity index (χ3v) is 8.48. The number of pyridine rings is 2. The highest BCUT2D eigenvalue weighted by atomic mass is 19.1. The number of fused-ring (bicyclic) bond motifs is 4. The Morgan fingerprint density at radius 1 is 1.23 bits per heavy atom. The maximum Gasteiger partial charge on any atom is 0.412 e. The van der Waals surface area contributed by atoms with Gasteiger partial charge in [-0.2, -0.15) is 0 Å². The summed E-state index contributed by atoms with van der Waals surface area (Å²) in [6.45, 7) is 6.72. The maximum absolute atomic E-state index is 15.4. The lowest BCUT2D eigenvalue weighted by atomic mass is 9.75. The molecule has 2 unspecified atom stereocenters. The summed E-state index contributed by atoms with van der Waals surface area (Å²) in [4.78, 5) is 23.8. The topological polar surface area (TPSA) is 115 Å². The number of hydrogen-bond acceptors (Lipinski definition) is 8. The van der Waals surface area contributed by atoms with Gasteiger partial charge in [-0.25, -0.2) is 14.2 Å². The van der Waals surface area contributed by atoms with Crippen LogP contribution in [-0.4, -0.2) is 67.5 Å². The van der Waals surface area contributed by atoms with Gasteiger partial charge in [0, 0.05) is 48.5 Å². The summed E-state index contributed by atoms with van der Waals surface area (Å²) >= 11 is 0. The maximum atomic E-state index is 15.4. The van der Waals surface area contributed by atoms with Crippen LogP contribution in [0.4, 0.5) is 26.4 Å². The van der Waals surface area contributed by atoms with Crippen molar-refractivity contribution in [3.05, 3.63) is 41.6 Å². The molecule has 6 rings (SSSR count). The molecule has 4 N–H and O–H groups in total. The molecular formula is C29H35FN6O3. The Hall–Kier alpha value is -3.50. The monoisotopic (exact) mass is 534 g/mol. The molecule has 0 saturated carbocycles. The van der Waals surface area contributed by atoms with E-state index in [1.165, 1.54) is 6.20 Å². The Morgan fingerprint density at radius 3 is 2.82 bits per heavy atom. The highest BCUT2D eigenvalue weighted by Crippen LogP contribution is 2.38. The Morgan fingerprint density at radius 2 is 2.03 bits per heavy atom. The van der Waals surface area contributed by atoms with Crippen LogP contribution in [0, 0.1) is 30.5 Å². The molecule has 10 heteroatoms. The summed E-state index contributed by atoms with van der Waals surface area (Å²) in [7, 11) is 2.15. The van der Waals surface area contributed by atoms with Gasteiger partial charge in [-0.3, -0.25) is 10.3 Å². The van der Waals surface area contributed by atoms with Crippen molar-refractivity contribution in [1.29, 1.82) is 0 Å². The standard InChI is InChI=1S/C29H35FN6O3/c1-16-22(10-33-24-4-3-6-32-28(16)24)21-8-17-9-25(34-11-23(17)27(31)26(21)30)35-29(37)39-7-5-20-18-12-36(2)13-19(20)15-38-14-18/h8-11,18-20,32H,3-7,12-15,31H2,1-2H3,(H,34,35,37). The van der Waals surface area contributed by atoms with Crippen molar-refractivity contribution in [3.8, 4) is 11.1 Å². The molecule has 3 aromatic rings. The summed E-state index contributed by atoms with van der Waals surface area (Å²) in [5.74, 6) is 1.25. The summed E-state index contributed by atoms with van der Waals surface area (Å²) in [5, 5.41) is 7.26. The largest absolute Gasteiger partial charge is 0.449 e. The average molecular weight is 535 g/mol. The van der Waals surface area contributed by atoms with Gasteiger partial charge < -0.3 is 25.4 Å². The fourth-order valence-corrected chi connectivity index (χ4v) is 6.54. The van der Waals surface area contributed by atoms with Gasteiger partial charge in [-0.15, -0.1) is 0 Å². The van der Waals surface area contributed by atoms with Gasteiger partial charge in [0.15, 0.2) is 5.82 Å². The number of halogens is 1. The number of anilines is 3. The minimum absolute atomic E-state index is 0.0156. The fraction of sp³-hybridized carbons (Fsp3) is 0.483. The number of amides is 1. The molecule has 2 atom stereocenters. The first kappa shape index (κ1) is 25.8. The van der Waals surface area contributed by atoms with Gasteiger partial charge in [0.25, 0.3) is 0 Å². The molecule has 1 aromatic carbocycles. The number of nitrogen functional groups attached to an aromatic ring is 1. The molecule has 0 radical (unpaired) electrons. The number of hydrogen-bond donors (Lipinski definition) is 3. The summed E-state index contributed by atoms with van der Waals surface area (Å²) in [5.41, 5.74) is 10.2. The van der Waals surface area contributed by atoms with Gasteiger partial charge in [0.2, 0.25) is 0 Å². The minimum Gasteiger partial charge on any atom is -0.449 e. The minimum atomic E-state index is -0.563. The first-order valence-corrected chi connectivity index (χ1v) is 13.7. The van der Waals surface area contributed by atoms with E-state index in [4.69, 9.17) is 15.2 Å². The van der Waals surface area contributed by atoms with Crippen LogP contribution >= 0.6 is 0 Å². The number of aromatic nitrogens is 2. The molecule has 1 amide bonds. The number of piperidine rings is 1. The van der Waals surface area contributed by atoms with Crippen molar-refractivity contribution >= 4 is 34.1 Å². The smallest absolute Gasteiger partial charge is 0.412 e. The predicted octanol–water partition coefficient (Wildman–Crippen LogP) is 4.45. The lowest BCUT2D eigenvalue weighted by Crippen LogP contribution is -2.51. The van der Waals surface area contributed by atoms with Crippen LogP contribution in [-0.2, 0) is 15.9 Å². The van der Waals surface area contributed by atoms with Gasteiger partial charge in [0.05, 0.1) is 36.9 Å². The summed E-state index contributed by atoms with van der Waals surface area (Å²) < 4.78 is 26.7. The molecule has 2 saturated heterocycles. The third kappa shape index (κ3) is 4.98. The van der Waals surface area contributed by atoms with Crippen molar-refractivity contribution in [1.82, 2.24) is 14.9 Å². The van der Waals surface area contributed by atoms with Crippen molar-refractivity contribution in [2.75, 3.05) is 62.9 Å². The average Bonchev–Trinajstić information content (AvgIpc) is 2.91. The third-order valence-electron chi connectivity index (χ3n) is 8.48. The van der Waals surface area contributed by atoms with Crippen molar-refractivity contribution < 1.29 is 18.7 Å².